The largest absolute Gasteiger partial charge is 0.330 e. The van der Waals surface area contributed by atoms with Crippen molar-refractivity contribution in [1.29, 1.82) is 0 Å². The monoisotopic (exact) mass is 247 g/mol. The van der Waals surface area contributed by atoms with Gasteiger partial charge in [-0.1, -0.05) is 66.8 Å². The Morgan fingerprint density at radius 3 is 1.84 bits per heavy atom. The second-order valence-electron chi connectivity index (χ2n) is 4.70. The molecule has 0 fully saturated rings. The van der Waals surface area contributed by atoms with Crippen LogP contribution in [-0.2, 0) is 0 Å². The molecule has 0 aliphatic heterocycles. The fourth-order valence-electron chi connectivity index (χ4n) is 2.55. The summed E-state index contributed by atoms with van der Waals surface area (Å²) < 4.78 is 0. The minimum Gasteiger partial charge on any atom is -0.330 e. The van der Waals surface area contributed by atoms with Crippen LogP contribution >= 0.6 is 0 Å². The molecule has 0 heterocycles. The van der Waals surface area contributed by atoms with Crippen LogP contribution in [0.4, 0.5) is 0 Å². The maximum atomic E-state index is 5.66. The van der Waals surface area contributed by atoms with E-state index in [2.05, 4.69) is 66.8 Å². The zero-order chi connectivity index (χ0) is 13.1. The van der Waals surface area contributed by atoms with Crippen molar-refractivity contribution >= 4 is 17.7 Å². The molecule has 1 aliphatic rings. The first-order valence-corrected chi connectivity index (χ1v) is 6.67. The number of hydrogen-bond donors (Lipinski definition) is 1. The van der Waals surface area contributed by atoms with Gasteiger partial charge in [-0.05, 0) is 40.8 Å². The minimum atomic E-state index is 0.682. The predicted octanol–water partition coefficient (Wildman–Crippen LogP) is 3.95. The molecular weight excluding hydrogens is 230 g/mol. The van der Waals surface area contributed by atoms with Gasteiger partial charge < -0.3 is 5.73 Å². The van der Waals surface area contributed by atoms with Gasteiger partial charge in [0.2, 0.25) is 0 Å². The summed E-state index contributed by atoms with van der Waals surface area (Å²) in [5, 5.41) is 0. The van der Waals surface area contributed by atoms with Crippen molar-refractivity contribution in [1.82, 2.24) is 0 Å². The zero-order valence-electron chi connectivity index (χ0n) is 10.8. The van der Waals surface area contributed by atoms with E-state index in [0.29, 0.717) is 6.54 Å². The smallest absolute Gasteiger partial charge is 0.00423 e. The summed E-state index contributed by atoms with van der Waals surface area (Å²) in [6, 6.07) is 17.0. The Labute approximate surface area is 114 Å². The normalized spacial score (nSPS) is 12.6. The Balaban J connectivity index is 2.24. The fraction of sp³-hybridized carbons (Fsp3) is 0.111. The van der Waals surface area contributed by atoms with E-state index in [1.54, 1.807) is 0 Å². The van der Waals surface area contributed by atoms with Crippen molar-refractivity contribution in [2.45, 2.75) is 6.42 Å². The summed E-state index contributed by atoms with van der Waals surface area (Å²) in [5.74, 6) is 0. The highest BCUT2D eigenvalue weighted by Gasteiger charge is 2.13. The van der Waals surface area contributed by atoms with Crippen molar-refractivity contribution in [3.05, 3.63) is 76.9 Å². The summed E-state index contributed by atoms with van der Waals surface area (Å²) in [4.78, 5) is 0. The second kappa shape index (κ2) is 5.25. The fourth-order valence-corrected chi connectivity index (χ4v) is 2.55. The standard InChI is InChI=1S/C18H17N/c19-13-5-10-18-16-8-3-1-6-14(16)11-12-15-7-2-4-9-17(15)18/h1-4,6-12H,5,13,19H2. The van der Waals surface area contributed by atoms with E-state index in [1.807, 2.05) is 0 Å². The third-order valence-corrected chi connectivity index (χ3v) is 3.46. The Bertz CT molecular complexity index is 599. The summed E-state index contributed by atoms with van der Waals surface area (Å²) in [6.45, 7) is 0.682. The van der Waals surface area contributed by atoms with Gasteiger partial charge in [0.15, 0.2) is 0 Å². The SMILES string of the molecule is NCCC=C1c2ccccc2C=Cc2ccccc21. The highest BCUT2D eigenvalue weighted by Crippen LogP contribution is 2.33. The van der Waals surface area contributed by atoms with Gasteiger partial charge in [-0.25, -0.2) is 0 Å². The molecule has 0 saturated carbocycles. The molecule has 1 aliphatic carbocycles. The highest BCUT2D eigenvalue weighted by molar-refractivity contribution is 5.93. The van der Waals surface area contributed by atoms with Gasteiger partial charge in [0.25, 0.3) is 0 Å². The van der Waals surface area contributed by atoms with Crippen molar-refractivity contribution in [3.63, 3.8) is 0 Å². The van der Waals surface area contributed by atoms with Gasteiger partial charge in [-0.3, -0.25) is 0 Å². The average molecular weight is 247 g/mol. The summed E-state index contributed by atoms with van der Waals surface area (Å²) in [7, 11) is 0. The van der Waals surface area contributed by atoms with Gasteiger partial charge >= 0.3 is 0 Å². The molecule has 0 unspecified atom stereocenters. The molecular formula is C18H17N. The van der Waals surface area contributed by atoms with Crippen molar-refractivity contribution in [3.8, 4) is 0 Å². The van der Waals surface area contributed by atoms with E-state index in [0.717, 1.165) is 6.42 Å². The third kappa shape index (κ3) is 2.25. The summed E-state index contributed by atoms with van der Waals surface area (Å²) in [6.07, 6.45) is 7.54. The van der Waals surface area contributed by atoms with Crippen LogP contribution in [0.2, 0.25) is 0 Å². The number of fused-ring (bicyclic) bond motifs is 2. The molecule has 1 nitrogen and oxygen atoms in total. The molecule has 0 saturated heterocycles. The average Bonchev–Trinajstić information content (AvgIpc) is 2.62. The molecule has 94 valence electrons. The number of hydrogen-bond acceptors (Lipinski definition) is 1. The molecule has 2 aromatic rings. The number of rotatable bonds is 2. The third-order valence-electron chi connectivity index (χ3n) is 3.46. The molecule has 3 rings (SSSR count). The topological polar surface area (TPSA) is 26.0 Å². The van der Waals surface area contributed by atoms with Gasteiger partial charge in [-0.2, -0.15) is 0 Å². The van der Waals surface area contributed by atoms with E-state index < -0.39 is 0 Å². The first-order valence-electron chi connectivity index (χ1n) is 6.67. The van der Waals surface area contributed by atoms with Gasteiger partial charge in [0.05, 0.1) is 0 Å². The molecule has 2 N–H and O–H groups in total. The lowest BCUT2D eigenvalue weighted by atomic mass is 9.93. The van der Waals surface area contributed by atoms with Crippen LogP contribution in [0, 0.1) is 0 Å². The Hall–Kier alpha value is -2.12. The minimum absolute atomic E-state index is 0.682. The highest BCUT2D eigenvalue weighted by atomic mass is 14.5. The quantitative estimate of drug-likeness (QED) is 0.729. The lowest BCUT2D eigenvalue weighted by molar-refractivity contribution is 1.01. The molecule has 2 aromatic carbocycles. The van der Waals surface area contributed by atoms with Gasteiger partial charge in [0.1, 0.15) is 0 Å². The van der Waals surface area contributed by atoms with Gasteiger partial charge in [-0.15, -0.1) is 0 Å². The molecule has 0 atom stereocenters. The van der Waals surface area contributed by atoms with Crippen LogP contribution in [0.3, 0.4) is 0 Å². The summed E-state index contributed by atoms with van der Waals surface area (Å²) in [5.41, 5.74) is 12.1. The first-order chi connectivity index (χ1) is 9.40. The molecule has 0 bridgehead atoms. The molecule has 0 spiro atoms. The van der Waals surface area contributed by atoms with E-state index in [9.17, 15) is 0 Å². The number of nitrogens with two attached hydrogens (primary N) is 1. The molecule has 0 radical (unpaired) electrons. The van der Waals surface area contributed by atoms with Crippen LogP contribution in [0.15, 0.2) is 54.6 Å². The Morgan fingerprint density at radius 1 is 0.789 bits per heavy atom. The van der Waals surface area contributed by atoms with Crippen LogP contribution in [0.25, 0.3) is 17.7 Å². The van der Waals surface area contributed by atoms with E-state index in [-0.39, 0.29) is 0 Å². The molecule has 1 heteroatoms. The van der Waals surface area contributed by atoms with Crippen LogP contribution in [-0.4, -0.2) is 6.54 Å². The summed E-state index contributed by atoms with van der Waals surface area (Å²) >= 11 is 0. The van der Waals surface area contributed by atoms with Crippen LogP contribution < -0.4 is 5.73 Å². The van der Waals surface area contributed by atoms with E-state index in [1.165, 1.54) is 27.8 Å². The van der Waals surface area contributed by atoms with Crippen LogP contribution in [0.1, 0.15) is 28.7 Å². The molecule has 19 heavy (non-hydrogen) atoms. The van der Waals surface area contributed by atoms with Gasteiger partial charge in [0, 0.05) is 0 Å². The lowest BCUT2D eigenvalue weighted by Gasteiger charge is -2.11. The van der Waals surface area contributed by atoms with Crippen LogP contribution in [0.5, 0.6) is 0 Å². The Kier molecular flexibility index (Phi) is 3.30. The zero-order valence-corrected chi connectivity index (χ0v) is 10.8. The van der Waals surface area contributed by atoms with Crippen molar-refractivity contribution in [2.75, 3.05) is 6.54 Å². The molecule has 0 amide bonds. The van der Waals surface area contributed by atoms with E-state index in [4.69, 9.17) is 5.73 Å². The van der Waals surface area contributed by atoms with Crippen molar-refractivity contribution < 1.29 is 0 Å². The Morgan fingerprint density at radius 2 is 1.32 bits per heavy atom. The first kappa shape index (κ1) is 11.9. The van der Waals surface area contributed by atoms with E-state index >= 15 is 0 Å². The lowest BCUT2D eigenvalue weighted by Crippen LogP contribution is -1.98. The second-order valence-corrected chi connectivity index (χ2v) is 4.70. The maximum absolute atomic E-state index is 5.66. The maximum Gasteiger partial charge on any atom is -0.00423 e. The van der Waals surface area contributed by atoms with Crippen molar-refractivity contribution in [2.24, 2.45) is 5.73 Å². The number of benzene rings is 2. The molecule has 0 aromatic heterocycles. The predicted molar refractivity (Wildman–Crippen MR) is 82.6 cm³/mol.